The van der Waals surface area contributed by atoms with Crippen LogP contribution < -0.4 is 16.4 Å². The molecule has 11 heteroatoms. The molecule has 0 bridgehead atoms. The molecule has 0 fully saturated rings. The number of hydrogen-bond donors (Lipinski definition) is 5. The normalized spacial score (nSPS) is 13.1. The van der Waals surface area contributed by atoms with Crippen molar-refractivity contribution in [3.05, 3.63) is 21.8 Å². The topological polar surface area (TPSA) is 142 Å². The van der Waals surface area contributed by atoms with Crippen molar-refractivity contribution in [3.8, 4) is 0 Å². The molecule has 6 N–H and O–H groups in total. The molecule has 8 nitrogen and oxygen atoms in total. The number of aliphatic hydroxyl groups excluding tert-OH is 1. The van der Waals surface area contributed by atoms with Gasteiger partial charge in [0.05, 0.1) is 30.1 Å². The monoisotopic (exact) mass is 673 g/mol. The zero-order chi connectivity index (χ0) is 18.8. The number of aliphatic carboxylic acids is 1. The highest BCUT2D eigenvalue weighted by Gasteiger charge is 2.30. The van der Waals surface area contributed by atoms with Gasteiger partial charge in [-0.15, -0.1) is 0 Å². The second kappa shape index (κ2) is 8.79. The highest BCUT2D eigenvalue weighted by atomic mass is 127. The summed E-state index contributed by atoms with van der Waals surface area (Å²) in [5, 5.41) is 23.3. The Balaban J connectivity index is 3.48. The van der Waals surface area contributed by atoms with Crippen molar-refractivity contribution in [1.82, 2.24) is 10.6 Å². The van der Waals surface area contributed by atoms with Crippen LogP contribution in [0.1, 0.15) is 27.6 Å². The molecule has 0 radical (unpaired) electrons. The van der Waals surface area contributed by atoms with Crippen molar-refractivity contribution in [3.63, 3.8) is 0 Å². The molecule has 1 aromatic carbocycles. The summed E-state index contributed by atoms with van der Waals surface area (Å²) < 4.78 is 1.26. The fourth-order valence-corrected chi connectivity index (χ4v) is 5.96. The van der Waals surface area contributed by atoms with Gasteiger partial charge in [-0.05, 0) is 74.7 Å². The second-order valence-corrected chi connectivity index (χ2v) is 7.95. The van der Waals surface area contributed by atoms with Gasteiger partial charge in [0, 0.05) is 10.6 Å². The number of nitrogens with two attached hydrogens (primary N) is 1. The zero-order valence-corrected chi connectivity index (χ0v) is 19.0. The molecule has 0 aliphatic rings. The molecule has 1 aromatic rings. The molecule has 0 heterocycles. The third-order valence-corrected chi connectivity index (χ3v) is 6.39. The molecular weight excluding hydrogens is 659 g/mol. The number of hydrogen-bond acceptors (Lipinski definition) is 5. The maximum Gasteiger partial charge on any atom is 0.328 e. The molecule has 0 saturated carbocycles. The van der Waals surface area contributed by atoms with Crippen LogP contribution in [0.2, 0.25) is 0 Å². The van der Waals surface area contributed by atoms with E-state index in [4.69, 9.17) is 10.8 Å². The number of nitrogen functional groups attached to an aromatic ring is 1. The van der Waals surface area contributed by atoms with Crippen LogP contribution in [-0.4, -0.2) is 47.2 Å². The maximum absolute atomic E-state index is 12.5. The summed E-state index contributed by atoms with van der Waals surface area (Å²) in [7, 11) is 1.45. The van der Waals surface area contributed by atoms with E-state index in [1.807, 2.05) is 67.8 Å². The van der Waals surface area contributed by atoms with Gasteiger partial charge in [-0.25, -0.2) is 4.79 Å². The minimum atomic E-state index is -1.48. The zero-order valence-electron chi connectivity index (χ0n) is 12.5. The first-order valence-corrected chi connectivity index (χ1v) is 9.67. The number of carbonyl (C=O) groups is 3. The Morgan fingerprint density at radius 2 is 1.50 bits per heavy atom. The molecule has 0 aliphatic heterocycles. The predicted molar refractivity (Wildman–Crippen MR) is 113 cm³/mol. The van der Waals surface area contributed by atoms with Crippen molar-refractivity contribution in [2.45, 2.75) is 19.1 Å². The lowest BCUT2D eigenvalue weighted by Crippen LogP contribution is -2.48. The van der Waals surface area contributed by atoms with Gasteiger partial charge in [0.25, 0.3) is 11.8 Å². The van der Waals surface area contributed by atoms with E-state index >= 15 is 0 Å². The maximum atomic E-state index is 12.5. The van der Waals surface area contributed by atoms with Crippen LogP contribution in [0.15, 0.2) is 0 Å². The quantitative estimate of drug-likeness (QED) is 0.234. The molecule has 0 aromatic heterocycles. The lowest BCUT2D eigenvalue weighted by atomic mass is 10.1. The van der Waals surface area contributed by atoms with Gasteiger partial charge in [-0.3, -0.25) is 9.59 Å². The summed E-state index contributed by atoms with van der Waals surface area (Å²) in [6.07, 6.45) is -1.29. The summed E-state index contributed by atoms with van der Waals surface area (Å²) in [6.45, 7) is 1.26. The molecule has 0 saturated heterocycles. The summed E-state index contributed by atoms with van der Waals surface area (Å²) >= 11 is 5.64. The Morgan fingerprint density at radius 1 is 1.04 bits per heavy atom. The van der Waals surface area contributed by atoms with Gasteiger partial charge in [0.2, 0.25) is 0 Å². The van der Waals surface area contributed by atoms with Gasteiger partial charge in [-0.1, -0.05) is 0 Å². The number of benzene rings is 1. The van der Waals surface area contributed by atoms with E-state index in [2.05, 4.69) is 10.6 Å². The van der Waals surface area contributed by atoms with Crippen LogP contribution in [0.3, 0.4) is 0 Å². The molecule has 2 atom stereocenters. The first-order chi connectivity index (χ1) is 11.0. The van der Waals surface area contributed by atoms with E-state index < -0.39 is 29.9 Å². The Labute approximate surface area is 178 Å². The molecule has 0 spiro atoms. The summed E-state index contributed by atoms with van der Waals surface area (Å²) in [6, 6.07) is -1.48. The Kier molecular flexibility index (Phi) is 7.92. The Hall–Kier alpha value is -0.420. The molecule has 2 unspecified atom stereocenters. The van der Waals surface area contributed by atoms with E-state index in [1.54, 1.807) is 0 Å². The Morgan fingerprint density at radius 3 is 1.88 bits per heavy atom. The van der Waals surface area contributed by atoms with E-state index in [-0.39, 0.29) is 16.8 Å². The first-order valence-electron chi connectivity index (χ1n) is 6.44. The summed E-state index contributed by atoms with van der Waals surface area (Å²) in [4.78, 5) is 35.8. The Bertz CT molecular complexity index is 709. The largest absolute Gasteiger partial charge is 0.480 e. The molecular formula is C13H14I3N3O5. The van der Waals surface area contributed by atoms with Gasteiger partial charge in [0.1, 0.15) is 0 Å². The summed E-state index contributed by atoms with van der Waals surface area (Å²) in [5.74, 6) is -2.51. The van der Waals surface area contributed by atoms with Crippen LogP contribution in [0, 0.1) is 10.7 Å². The number of carboxylic acids is 1. The van der Waals surface area contributed by atoms with Crippen molar-refractivity contribution < 1.29 is 24.6 Å². The van der Waals surface area contributed by atoms with Crippen molar-refractivity contribution in [1.29, 1.82) is 0 Å². The fourth-order valence-electron chi connectivity index (χ4n) is 1.81. The highest BCUT2D eigenvalue weighted by molar-refractivity contribution is 14.1. The minimum Gasteiger partial charge on any atom is -0.480 e. The molecule has 0 aliphatic carbocycles. The average Bonchev–Trinajstić information content (AvgIpc) is 2.49. The van der Waals surface area contributed by atoms with Gasteiger partial charge < -0.3 is 26.6 Å². The van der Waals surface area contributed by atoms with Gasteiger partial charge in [0.15, 0.2) is 6.04 Å². The first kappa shape index (κ1) is 21.6. The van der Waals surface area contributed by atoms with Crippen LogP contribution >= 0.6 is 67.8 Å². The third-order valence-electron chi connectivity index (χ3n) is 3.07. The predicted octanol–water partition coefficient (Wildman–Crippen LogP) is 1.01. The van der Waals surface area contributed by atoms with E-state index in [9.17, 15) is 19.5 Å². The number of amides is 2. The lowest BCUT2D eigenvalue weighted by molar-refractivity contribution is -0.141. The highest BCUT2D eigenvalue weighted by Crippen LogP contribution is 2.33. The van der Waals surface area contributed by atoms with E-state index in [0.29, 0.717) is 10.7 Å². The molecule has 1 rings (SSSR count). The summed E-state index contributed by atoms with van der Waals surface area (Å²) in [5.41, 5.74) is 6.58. The number of halogens is 3. The van der Waals surface area contributed by atoms with Crippen LogP contribution in [0.25, 0.3) is 0 Å². The number of anilines is 1. The van der Waals surface area contributed by atoms with Gasteiger partial charge in [-0.2, -0.15) is 0 Å². The van der Waals surface area contributed by atoms with Crippen LogP contribution in [-0.2, 0) is 4.79 Å². The fraction of sp³-hybridized carbons (Fsp3) is 0.308. The third kappa shape index (κ3) is 4.40. The number of rotatable bonds is 5. The van der Waals surface area contributed by atoms with E-state index in [1.165, 1.54) is 14.0 Å². The smallest absolute Gasteiger partial charge is 0.328 e. The van der Waals surface area contributed by atoms with Crippen LogP contribution in [0.4, 0.5) is 5.69 Å². The average molecular weight is 673 g/mol. The standard InChI is InChI=1S/C13H14I3N3O5/c1-3(20)10(13(23)24)19-12(22)5-6(14)4(11(21)18-2)7(15)9(17)8(5)16/h3,10,20H,17H2,1-2H3,(H,18,21)(H,19,22)(H,23,24). The molecule has 2 amide bonds. The number of carbonyl (C=O) groups excluding carboxylic acids is 2. The molecule has 24 heavy (non-hydrogen) atoms. The number of aliphatic hydroxyl groups is 1. The van der Waals surface area contributed by atoms with Crippen molar-refractivity contribution in [2.75, 3.05) is 12.8 Å². The van der Waals surface area contributed by atoms with Gasteiger partial charge >= 0.3 is 5.97 Å². The second-order valence-electron chi connectivity index (χ2n) is 4.71. The SMILES string of the molecule is CNC(=O)c1c(I)c(N)c(I)c(C(=O)NC(C(=O)O)C(C)O)c1I. The van der Waals surface area contributed by atoms with E-state index in [0.717, 1.165) is 0 Å². The molecule has 132 valence electrons. The van der Waals surface area contributed by atoms with Crippen molar-refractivity contribution in [2.24, 2.45) is 0 Å². The van der Waals surface area contributed by atoms with Crippen molar-refractivity contribution >= 4 is 91.2 Å². The lowest BCUT2D eigenvalue weighted by Gasteiger charge is -2.20. The van der Waals surface area contributed by atoms with Crippen LogP contribution in [0.5, 0.6) is 0 Å². The minimum absolute atomic E-state index is 0.0969. The number of nitrogens with one attached hydrogen (secondary N) is 2. The number of carboxylic acid groups (broad SMARTS) is 1.